The number of morpholine rings is 2. The maximum absolute atomic E-state index is 11.9. The Labute approximate surface area is 175 Å². The molecule has 2 rings (SSSR count). The number of carbonyl (C=O) groups excluding carboxylic acids is 2. The lowest BCUT2D eigenvalue weighted by atomic mass is 10.2. The van der Waals surface area contributed by atoms with Crippen LogP contribution in [-0.4, -0.2) is 114 Å². The molecule has 2 saturated heterocycles. The molecule has 0 spiro atoms. The molecule has 0 amide bonds. The lowest BCUT2D eigenvalue weighted by Crippen LogP contribution is -2.52. The molecule has 0 aromatic heterocycles. The van der Waals surface area contributed by atoms with Crippen LogP contribution in [0, 0.1) is 0 Å². The van der Waals surface area contributed by atoms with Gasteiger partial charge in [0.25, 0.3) is 0 Å². The van der Waals surface area contributed by atoms with Crippen molar-refractivity contribution in [2.75, 3.05) is 93.0 Å². The molecule has 168 valence electrons. The summed E-state index contributed by atoms with van der Waals surface area (Å²) in [4.78, 5) is 23.8. The summed E-state index contributed by atoms with van der Waals surface area (Å²) in [5.41, 5.74) is 0. The van der Waals surface area contributed by atoms with Crippen molar-refractivity contribution in [1.29, 1.82) is 0 Å². The molecule has 0 aromatic rings. The average Bonchev–Trinajstić information content (AvgIpc) is 2.71. The maximum Gasteiger partial charge on any atom is 0.311 e. The van der Waals surface area contributed by atoms with E-state index in [1.54, 1.807) is 0 Å². The molecule has 0 radical (unpaired) electrons. The van der Waals surface area contributed by atoms with Crippen LogP contribution < -0.4 is 0 Å². The van der Waals surface area contributed by atoms with Crippen LogP contribution in [-0.2, 0) is 28.5 Å². The summed E-state index contributed by atoms with van der Waals surface area (Å²) in [6, 6.07) is 0. The van der Waals surface area contributed by atoms with Gasteiger partial charge in [0.05, 0.1) is 79.7 Å². The van der Waals surface area contributed by atoms with Gasteiger partial charge in [0.15, 0.2) is 0 Å². The van der Waals surface area contributed by atoms with Gasteiger partial charge in [-0.1, -0.05) is 0 Å². The molecular formula is C21H40N2O6+2. The molecule has 0 N–H and O–H groups in total. The minimum Gasteiger partial charge on any atom is -0.466 e. The largest absolute Gasteiger partial charge is 0.466 e. The highest BCUT2D eigenvalue weighted by Gasteiger charge is 2.27. The van der Waals surface area contributed by atoms with E-state index in [1.807, 2.05) is 0 Å². The van der Waals surface area contributed by atoms with Crippen molar-refractivity contribution in [3.05, 3.63) is 0 Å². The SMILES string of the molecule is C[N+]1(CCC(=O)OCCCCCOC(=O)CC[N+]2(C)CCOCC2)CCOCC1. The molecule has 0 bridgehead atoms. The van der Waals surface area contributed by atoms with Gasteiger partial charge in [0, 0.05) is 0 Å². The fraction of sp³-hybridized carbons (Fsp3) is 0.905. The first-order valence-corrected chi connectivity index (χ1v) is 11.0. The summed E-state index contributed by atoms with van der Waals surface area (Å²) < 4.78 is 23.2. The zero-order chi connectivity index (χ0) is 21.0. The number of quaternary nitrogens is 2. The number of carbonyl (C=O) groups is 2. The zero-order valence-electron chi connectivity index (χ0n) is 18.4. The predicted molar refractivity (Wildman–Crippen MR) is 108 cm³/mol. The van der Waals surface area contributed by atoms with Crippen molar-refractivity contribution >= 4 is 11.9 Å². The van der Waals surface area contributed by atoms with E-state index in [1.165, 1.54) is 0 Å². The molecule has 0 aromatic carbocycles. The zero-order valence-corrected chi connectivity index (χ0v) is 18.4. The first kappa shape index (κ1) is 24.1. The Balaban J connectivity index is 1.41. The number of rotatable bonds is 12. The Morgan fingerprint density at radius 3 is 1.45 bits per heavy atom. The quantitative estimate of drug-likeness (QED) is 0.268. The lowest BCUT2D eigenvalue weighted by Gasteiger charge is -2.37. The van der Waals surface area contributed by atoms with E-state index in [0.717, 1.165) is 93.9 Å². The van der Waals surface area contributed by atoms with E-state index >= 15 is 0 Å². The Bertz CT molecular complexity index is 457. The van der Waals surface area contributed by atoms with Crippen LogP contribution in [0.2, 0.25) is 0 Å². The summed E-state index contributed by atoms with van der Waals surface area (Å²) in [7, 11) is 4.33. The topological polar surface area (TPSA) is 71.1 Å². The van der Waals surface area contributed by atoms with Crippen molar-refractivity contribution < 1.29 is 37.5 Å². The molecule has 29 heavy (non-hydrogen) atoms. The van der Waals surface area contributed by atoms with Gasteiger partial charge < -0.3 is 27.9 Å². The maximum atomic E-state index is 11.9. The van der Waals surface area contributed by atoms with E-state index in [9.17, 15) is 9.59 Å². The highest BCUT2D eigenvalue weighted by molar-refractivity contribution is 5.69. The molecule has 0 atom stereocenters. The molecule has 2 aliphatic heterocycles. The van der Waals surface area contributed by atoms with Crippen molar-refractivity contribution in [2.45, 2.75) is 32.1 Å². The number of unbranched alkanes of at least 4 members (excludes halogenated alkanes) is 2. The van der Waals surface area contributed by atoms with Crippen LogP contribution in [0.3, 0.4) is 0 Å². The van der Waals surface area contributed by atoms with Crippen LogP contribution in [0.1, 0.15) is 32.1 Å². The highest BCUT2D eigenvalue weighted by atomic mass is 16.5. The van der Waals surface area contributed by atoms with E-state index < -0.39 is 0 Å². The lowest BCUT2D eigenvalue weighted by molar-refractivity contribution is -0.916. The molecule has 8 heteroatoms. The van der Waals surface area contributed by atoms with Crippen molar-refractivity contribution in [1.82, 2.24) is 0 Å². The number of ether oxygens (including phenoxy) is 4. The number of hydrogen-bond acceptors (Lipinski definition) is 6. The van der Waals surface area contributed by atoms with Crippen molar-refractivity contribution in [3.63, 3.8) is 0 Å². The Kier molecular flexibility index (Phi) is 10.3. The average molecular weight is 417 g/mol. The monoisotopic (exact) mass is 416 g/mol. The molecule has 0 aliphatic carbocycles. The van der Waals surface area contributed by atoms with Gasteiger partial charge in [-0.05, 0) is 19.3 Å². The third-order valence-electron chi connectivity index (χ3n) is 6.13. The first-order valence-electron chi connectivity index (χ1n) is 11.0. The standard InChI is InChI=1S/C21H40N2O6/c1-22(10-16-26-17-11-22)8-6-20(24)28-14-4-3-5-15-29-21(25)7-9-23(2)12-18-27-19-13-23/h3-19H2,1-2H3/q+2. The van der Waals surface area contributed by atoms with Crippen LogP contribution in [0.5, 0.6) is 0 Å². The summed E-state index contributed by atoms with van der Waals surface area (Å²) in [5, 5.41) is 0. The van der Waals surface area contributed by atoms with Crippen LogP contribution >= 0.6 is 0 Å². The second kappa shape index (κ2) is 12.5. The number of esters is 2. The van der Waals surface area contributed by atoms with Crippen LogP contribution in [0.25, 0.3) is 0 Å². The van der Waals surface area contributed by atoms with Gasteiger partial charge in [0.1, 0.15) is 26.2 Å². The Morgan fingerprint density at radius 2 is 1.07 bits per heavy atom. The minimum atomic E-state index is -0.123. The van der Waals surface area contributed by atoms with E-state index in [0.29, 0.717) is 26.1 Å². The fourth-order valence-electron chi connectivity index (χ4n) is 3.63. The second-order valence-corrected chi connectivity index (χ2v) is 8.81. The molecular weight excluding hydrogens is 376 g/mol. The minimum absolute atomic E-state index is 0.123. The normalized spacial score (nSPS) is 20.8. The summed E-state index contributed by atoms with van der Waals surface area (Å²) in [5.74, 6) is -0.246. The third kappa shape index (κ3) is 9.89. The van der Waals surface area contributed by atoms with Gasteiger partial charge in [-0.25, -0.2) is 0 Å². The molecule has 0 unspecified atom stereocenters. The van der Waals surface area contributed by atoms with Gasteiger partial charge in [-0.2, -0.15) is 0 Å². The molecule has 0 saturated carbocycles. The number of hydrogen-bond donors (Lipinski definition) is 0. The van der Waals surface area contributed by atoms with E-state index in [-0.39, 0.29) is 11.9 Å². The van der Waals surface area contributed by atoms with Crippen LogP contribution in [0.4, 0.5) is 0 Å². The summed E-state index contributed by atoms with van der Waals surface area (Å²) in [6.07, 6.45) is 3.41. The molecule has 8 nitrogen and oxygen atoms in total. The smallest absolute Gasteiger partial charge is 0.311 e. The molecule has 2 heterocycles. The Hall–Kier alpha value is -1.22. The Morgan fingerprint density at radius 1 is 0.690 bits per heavy atom. The van der Waals surface area contributed by atoms with E-state index in [2.05, 4.69) is 14.1 Å². The first-order chi connectivity index (χ1) is 13.9. The van der Waals surface area contributed by atoms with Gasteiger partial charge in [-0.15, -0.1) is 0 Å². The number of nitrogens with zero attached hydrogens (tertiary/aromatic N) is 2. The predicted octanol–water partition coefficient (Wildman–Crippen LogP) is 0.977. The number of likely N-dealkylation sites (N-methyl/N-ethyl adjacent to an activating group) is 2. The summed E-state index contributed by atoms with van der Waals surface area (Å²) >= 11 is 0. The van der Waals surface area contributed by atoms with E-state index in [4.69, 9.17) is 18.9 Å². The van der Waals surface area contributed by atoms with Crippen molar-refractivity contribution in [2.24, 2.45) is 0 Å². The molecule has 2 fully saturated rings. The fourth-order valence-corrected chi connectivity index (χ4v) is 3.63. The van der Waals surface area contributed by atoms with Gasteiger partial charge >= 0.3 is 11.9 Å². The van der Waals surface area contributed by atoms with Gasteiger partial charge in [-0.3, -0.25) is 9.59 Å². The highest BCUT2D eigenvalue weighted by Crippen LogP contribution is 2.10. The second-order valence-electron chi connectivity index (χ2n) is 8.81. The molecule has 2 aliphatic rings. The third-order valence-corrected chi connectivity index (χ3v) is 6.13. The van der Waals surface area contributed by atoms with Crippen LogP contribution in [0.15, 0.2) is 0 Å². The summed E-state index contributed by atoms with van der Waals surface area (Å²) in [6.45, 7) is 9.40. The van der Waals surface area contributed by atoms with Gasteiger partial charge in [0.2, 0.25) is 0 Å². The van der Waals surface area contributed by atoms with Crippen molar-refractivity contribution in [3.8, 4) is 0 Å².